The van der Waals surface area contributed by atoms with Crippen LogP contribution in [0.4, 0.5) is 0 Å². The van der Waals surface area contributed by atoms with E-state index in [9.17, 15) is 4.79 Å². The topological polar surface area (TPSA) is 52.3 Å². The molecule has 0 atom stereocenters. The second kappa shape index (κ2) is 8.43. The van der Waals surface area contributed by atoms with E-state index in [-0.39, 0.29) is 5.78 Å². The number of carbonyl (C=O) groups is 1. The first kappa shape index (κ1) is 18.5. The third kappa shape index (κ3) is 4.48. The van der Waals surface area contributed by atoms with Crippen molar-refractivity contribution in [3.8, 4) is 17.2 Å². The third-order valence-corrected chi connectivity index (χ3v) is 5.10. The Labute approximate surface area is 161 Å². The van der Waals surface area contributed by atoms with Gasteiger partial charge < -0.3 is 9.15 Å². The van der Waals surface area contributed by atoms with Gasteiger partial charge in [0.2, 0.25) is 5.89 Å². The van der Waals surface area contributed by atoms with Crippen LogP contribution in [-0.2, 0) is 11.5 Å². The summed E-state index contributed by atoms with van der Waals surface area (Å²) in [6, 6.07) is 12.9. The van der Waals surface area contributed by atoms with Crippen LogP contribution in [0.15, 0.2) is 53.1 Å². The zero-order valence-corrected chi connectivity index (χ0v) is 16.1. The maximum atomic E-state index is 11.6. The van der Waals surface area contributed by atoms with Gasteiger partial charge in [-0.25, -0.2) is 4.98 Å². The van der Waals surface area contributed by atoms with Crippen molar-refractivity contribution in [2.24, 2.45) is 0 Å². The number of ketones is 1. The Bertz CT molecular complexity index is 906. The summed E-state index contributed by atoms with van der Waals surface area (Å²) in [6.07, 6.45) is 1.67. The quantitative estimate of drug-likeness (QED) is 0.491. The maximum Gasteiger partial charge on any atom is 0.226 e. The van der Waals surface area contributed by atoms with Gasteiger partial charge in [-0.15, -0.1) is 0 Å². The molecule has 6 heteroatoms. The minimum atomic E-state index is 0.0445. The predicted molar refractivity (Wildman–Crippen MR) is 105 cm³/mol. The van der Waals surface area contributed by atoms with Crippen LogP contribution in [0, 0.1) is 0 Å². The molecule has 0 radical (unpaired) electrons. The molecular formula is C20H18ClNO3S. The normalized spacial score (nSPS) is 10.7. The highest BCUT2D eigenvalue weighted by Crippen LogP contribution is 2.27. The molecule has 0 N–H and O–H groups in total. The van der Waals surface area contributed by atoms with Crippen LogP contribution in [0.5, 0.6) is 5.75 Å². The summed E-state index contributed by atoms with van der Waals surface area (Å²) in [5.74, 6) is 2.82. The number of Topliss-reactive ketones (excluding diaryl/α,β-unsaturated/α-hetero) is 1. The molecule has 0 aliphatic carbocycles. The fourth-order valence-electron chi connectivity index (χ4n) is 2.47. The van der Waals surface area contributed by atoms with E-state index in [1.165, 1.54) is 0 Å². The summed E-state index contributed by atoms with van der Waals surface area (Å²) in [5, 5.41) is 0.679. The zero-order chi connectivity index (χ0) is 18.5. The molecule has 134 valence electrons. The van der Waals surface area contributed by atoms with Crippen molar-refractivity contribution < 1.29 is 13.9 Å². The Morgan fingerprint density at radius 3 is 2.65 bits per heavy atom. The Balaban J connectivity index is 1.64. The van der Waals surface area contributed by atoms with Crippen molar-refractivity contribution in [3.05, 3.63) is 70.6 Å². The van der Waals surface area contributed by atoms with Crippen molar-refractivity contribution in [2.75, 3.05) is 7.11 Å². The number of thioether (sulfide) groups is 1. The molecule has 0 unspecified atom stereocenters. The van der Waals surface area contributed by atoms with E-state index in [4.69, 9.17) is 20.8 Å². The van der Waals surface area contributed by atoms with Gasteiger partial charge in [0, 0.05) is 33.2 Å². The van der Waals surface area contributed by atoms with Gasteiger partial charge in [-0.05, 0) is 49.4 Å². The molecule has 4 nitrogen and oxygen atoms in total. The lowest BCUT2D eigenvalue weighted by molar-refractivity contribution is 0.101. The molecule has 26 heavy (non-hydrogen) atoms. The number of halogens is 1. The molecule has 3 rings (SSSR count). The number of hydrogen-bond donors (Lipinski definition) is 0. The molecule has 0 amide bonds. The Hall–Kier alpha value is -2.24. The zero-order valence-electron chi connectivity index (χ0n) is 14.5. The third-order valence-electron chi connectivity index (χ3n) is 3.84. The fraction of sp³-hybridized carbons (Fsp3) is 0.200. The lowest BCUT2D eigenvalue weighted by Crippen LogP contribution is -1.97. The van der Waals surface area contributed by atoms with E-state index in [1.54, 1.807) is 38.1 Å². The van der Waals surface area contributed by atoms with Crippen LogP contribution in [0.3, 0.4) is 0 Å². The van der Waals surface area contributed by atoms with Crippen molar-refractivity contribution in [1.29, 1.82) is 0 Å². The molecule has 0 fully saturated rings. The molecule has 0 saturated heterocycles. The Kier molecular flexibility index (Phi) is 6.01. The van der Waals surface area contributed by atoms with E-state index >= 15 is 0 Å². The van der Waals surface area contributed by atoms with Gasteiger partial charge in [0.1, 0.15) is 12.0 Å². The van der Waals surface area contributed by atoms with Crippen LogP contribution in [0.1, 0.15) is 28.5 Å². The SMILES string of the molecule is COc1ccc(C(C)=O)cc1CSCc1coc(-c2ccc(Cl)cc2)n1. The van der Waals surface area contributed by atoms with E-state index < -0.39 is 0 Å². The molecule has 2 aromatic carbocycles. The number of benzene rings is 2. The summed E-state index contributed by atoms with van der Waals surface area (Å²) in [5.41, 5.74) is 3.43. The van der Waals surface area contributed by atoms with Crippen molar-refractivity contribution in [2.45, 2.75) is 18.4 Å². The number of methoxy groups -OCH3 is 1. The summed E-state index contributed by atoms with van der Waals surface area (Å²) in [6.45, 7) is 1.56. The monoisotopic (exact) mass is 387 g/mol. The lowest BCUT2D eigenvalue weighted by atomic mass is 10.1. The molecule has 3 aromatic rings. The second-order valence-electron chi connectivity index (χ2n) is 5.73. The van der Waals surface area contributed by atoms with Crippen LogP contribution >= 0.6 is 23.4 Å². The van der Waals surface area contributed by atoms with Gasteiger partial charge in [-0.2, -0.15) is 11.8 Å². The van der Waals surface area contributed by atoms with Crippen molar-refractivity contribution >= 4 is 29.1 Å². The summed E-state index contributed by atoms with van der Waals surface area (Å²) in [7, 11) is 1.63. The average Bonchev–Trinajstić information content (AvgIpc) is 3.11. The highest BCUT2D eigenvalue weighted by molar-refractivity contribution is 7.97. The van der Waals surface area contributed by atoms with Gasteiger partial charge >= 0.3 is 0 Å². The van der Waals surface area contributed by atoms with Crippen LogP contribution in [-0.4, -0.2) is 17.9 Å². The number of hydrogen-bond acceptors (Lipinski definition) is 5. The molecule has 0 bridgehead atoms. The highest BCUT2D eigenvalue weighted by Gasteiger charge is 2.10. The van der Waals surface area contributed by atoms with Crippen molar-refractivity contribution in [3.63, 3.8) is 0 Å². The molecule has 0 spiro atoms. The van der Waals surface area contributed by atoms with Crippen LogP contribution < -0.4 is 4.74 Å². The van der Waals surface area contributed by atoms with Gasteiger partial charge in [-0.1, -0.05) is 11.6 Å². The summed E-state index contributed by atoms with van der Waals surface area (Å²) >= 11 is 7.59. The van der Waals surface area contributed by atoms with E-state index in [0.29, 0.717) is 28.0 Å². The number of rotatable bonds is 7. The first-order valence-corrected chi connectivity index (χ1v) is 9.56. The van der Waals surface area contributed by atoms with E-state index in [2.05, 4.69) is 4.98 Å². The maximum absolute atomic E-state index is 11.6. The first-order valence-electron chi connectivity index (χ1n) is 8.03. The molecule has 0 aliphatic heterocycles. The molecule has 1 aromatic heterocycles. The number of aromatic nitrogens is 1. The van der Waals surface area contributed by atoms with Crippen LogP contribution in [0.25, 0.3) is 11.5 Å². The summed E-state index contributed by atoms with van der Waals surface area (Å²) in [4.78, 5) is 16.1. The fourth-order valence-corrected chi connectivity index (χ4v) is 3.49. The second-order valence-corrected chi connectivity index (χ2v) is 7.15. The Morgan fingerprint density at radius 2 is 1.96 bits per heavy atom. The van der Waals surface area contributed by atoms with Gasteiger partial charge in [0.05, 0.1) is 12.8 Å². The summed E-state index contributed by atoms with van der Waals surface area (Å²) < 4.78 is 10.9. The first-order chi connectivity index (χ1) is 12.6. The number of carbonyl (C=O) groups excluding carboxylic acids is 1. The number of nitrogens with zero attached hydrogens (tertiary/aromatic N) is 1. The average molecular weight is 388 g/mol. The molecular weight excluding hydrogens is 370 g/mol. The van der Waals surface area contributed by atoms with Crippen molar-refractivity contribution in [1.82, 2.24) is 4.98 Å². The predicted octanol–water partition coefficient (Wildman–Crippen LogP) is 5.64. The number of ether oxygens (including phenoxy) is 1. The van der Waals surface area contributed by atoms with Gasteiger partial charge in [0.25, 0.3) is 0 Å². The Morgan fingerprint density at radius 1 is 1.19 bits per heavy atom. The van der Waals surface area contributed by atoms with E-state index in [0.717, 1.165) is 22.6 Å². The smallest absolute Gasteiger partial charge is 0.226 e. The van der Waals surface area contributed by atoms with E-state index in [1.807, 2.05) is 36.4 Å². The molecule has 0 saturated carbocycles. The van der Waals surface area contributed by atoms with Gasteiger partial charge in [-0.3, -0.25) is 4.79 Å². The minimum Gasteiger partial charge on any atom is -0.496 e. The minimum absolute atomic E-state index is 0.0445. The van der Waals surface area contributed by atoms with Gasteiger partial charge in [0.15, 0.2) is 5.78 Å². The standard InChI is InChI=1S/C20H18ClNO3S/c1-13(23)15-5-8-19(24-2)16(9-15)11-26-12-18-10-25-20(22-18)14-3-6-17(21)7-4-14/h3-10H,11-12H2,1-2H3. The van der Waals surface area contributed by atoms with Crippen LogP contribution in [0.2, 0.25) is 5.02 Å². The largest absolute Gasteiger partial charge is 0.496 e. The molecule has 1 heterocycles. The number of oxazole rings is 1. The lowest BCUT2D eigenvalue weighted by Gasteiger charge is -2.09. The molecule has 0 aliphatic rings. The highest BCUT2D eigenvalue weighted by atomic mass is 35.5.